The van der Waals surface area contributed by atoms with E-state index in [1.807, 2.05) is 6.07 Å². The van der Waals surface area contributed by atoms with E-state index in [4.69, 9.17) is 9.47 Å². The Balaban J connectivity index is 2.63. The Morgan fingerprint density at radius 1 is 1.47 bits per heavy atom. The number of fused-ring (bicyclic) bond motifs is 1. The first kappa shape index (κ1) is 10.3. The maximum Gasteiger partial charge on any atom is 0.129 e. The lowest BCUT2D eigenvalue weighted by molar-refractivity contribution is 0.270. The molecule has 2 heteroatoms. The van der Waals surface area contributed by atoms with Gasteiger partial charge in [-0.05, 0) is 25.0 Å². The predicted molar refractivity (Wildman–Crippen MR) is 60.9 cm³/mol. The maximum atomic E-state index is 5.80. The monoisotopic (exact) mass is 206 g/mol. The van der Waals surface area contributed by atoms with Crippen molar-refractivity contribution in [3.05, 3.63) is 23.3 Å². The van der Waals surface area contributed by atoms with E-state index in [2.05, 4.69) is 26.8 Å². The van der Waals surface area contributed by atoms with Crippen LogP contribution >= 0.6 is 0 Å². The van der Waals surface area contributed by atoms with Crippen LogP contribution in [0.1, 0.15) is 31.4 Å². The van der Waals surface area contributed by atoms with Gasteiger partial charge < -0.3 is 9.47 Å². The fourth-order valence-corrected chi connectivity index (χ4v) is 2.18. The van der Waals surface area contributed by atoms with Gasteiger partial charge in [0.25, 0.3) is 0 Å². The third kappa shape index (κ3) is 1.39. The van der Waals surface area contributed by atoms with Crippen molar-refractivity contribution in [1.29, 1.82) is 0 Å². The highest BCUT2D eigenvalue weighted by Crippen LogP contribution is 2.47. The van der Waals surface area contributed by atoms with Crippen LogP contribution in [0.25, 0.3) is 0 Å². The van der Waals surface area contributed by atoms with Gasteiger partial charge in [0, 0.05) is 11.0 Å². The highest BCUT2D eigenvalue weighted by atomic mass is 16.5. The van der Waals surface area contributed by atoms with Crippen molar-refractivity contribution in [3.63, 3.8) is 0 Å². The van der Waals surface area contributed by atoms with Crippen LogP contribution in [0, 0.1) is 6.92 Å². The van der Waals surface area contributed by atoms with Gasteiger partial charge in [0.1, 0.15) is 11.5 Å². The van der Waals surface area contributed by atoms with Gasteiger partial charge in [-0.3, -0.25) is 0 Å². The Labute approximate surface area is 91.2 Å². The third-order valence-electron chi connectivity index (χ3n) is 3.46. The van der Waals surface area contributed by atoms with E-state index in [0.29, 0.717) is 0 Å². The molecule has 0 fully saturated rings. The van der Waals surface area contributed by atoms with Crippen LogP contribution in [0.4, 0.5) is 0 Å². The molecule has 1 heterocycles. The molecule has 2 rings (SSSR count). The summed E-state index contributed by atoms with van der Waals surface area (Å²) in [5.41, 5.74) is 2.54. The summed E-state index contributed by atoms with van der Waals surface area (Å²) in [6.07, 6.45) is 1.07. The molecule has 1 aromatic rings. The SMILES string of the molecule is CCC1(C)COc2c(C)ccc(OC)c21. The van der Waals surface area contributed by atoms with Gasteiger partial charge in [-0.1, -0.05) is 19.9 Å². The first-order chi connectivity index (χ1) is 7.12. The van der Waals surface area contributed by atoms with E-state index in [-0.39, 0.29) is 5.41 Å². The van der Waals surface area contributed by atoms with Crippen LogP contribution in [0.5, 0.6) is 11.5 Å². The van der Waals surface area contributed by atoms with Crippen LogP contribution in [0.2, 0.25) is 0 Å². The summed E-state index contributed by atoms with van der Waals surface area (Å²) < 4.78 is 11.2. The zero-order chi connectivity index (χ0) is 11.1. The number of hydrogen-bond donors (Lipinski definition) is 0. The first-order valence-corrected chi connectivity index (χ1v) is 5.43. The zero-order valence-corrected chi connectivity index (χ0v) is 9.89. The molecule has 0 N–H and O–H groups in total. The number of hydrogen-bond acceptors (Lipinski definition) is 2. The lowest BCUT2D eigenvalue weighted by Gasteiger charge is -2.22. The van der Waals surface area contributed by atoms with Crippen molar-refractivity contribution in [3.8, 4) is 11.5 Å². The molecule has 0 radical (unpaired) electrons. The second-order valence-electron chi connectivity index (χ2n) is 4.49. The second-order valence-corrected chi connectivity index (χ2v) is 4.49. The number of ether oxygens (including phenoxy) is 2. The summed E-state index contributed by atoms with van der Waals surface area (Å²) in [6.45, 7) is 7.28. The van der Waals surface area contributed by atoms with Gasteiger partial charge in [0.15, 0.2) is 0 Å². The average Bonchev–Trinajstić information content (AvgIpc) is 2.60. The van der Waals surface area contributed by atoms with Crippen molar-refractivity contribution >= 4 is 0 Å². The molecule has 1 unspecified atom stereocenters. The molecule has 0 saturated heterocycles. The van der Waals surface area contributed by atoms with E-state index in [9.17, 15) is 0 Å². The molecule has 0 aromatic heterocycles. The number of benzene rings is 1. The van der Waals surface area contributed by atoms with Crippen molar-refractivity contribution < 1.29 is 9.47 Å². The maximum absolute atomic E-state index is 5.80. The highest BCUT2D eigenvalue weighted by Gasteiger charge is 2.38. The van der Waals surface area contributed by atoms with Crippen LogP contribution in [-0.2, 0) is 5.41 Å². The summed E-state index contributed by atoms with van der Waals surface area (Å²) in [7, 11) is 1.72. The van der Waals surface area contributed by atoms with E-state index < -0.39 is 0 Å². The largest absolute Gasteiger partial charge is 0.496 e. The lowest BCUT2D eigenvalue weighted by Crippen LogP contribution is -2.22. The second kappa shape index (κ2) is 3.44. The van der Waals surface area contributed by atoms with Crippen LogP contribution in [-0.4, -0.2) is 13.7 Å². The quantitative estimate of drug-likeness (QED) is 0.740. The molecule has 2 nitrogen and oxygen atoms in total. The van der Waals surface area contributed by atoms with Crippen molar-refractivity contribution in [2.45, 2.75) is 32.6 Å². The van der Waals surface area contributed by atoms with Crippen LogP contribution in [0.3, 0.4) is 0 Å². The van der Waals surface area contributed by atoms with Gasteiger partial charge >= 0.3 is 0 Å². The summed E-state index contributed by atoms with van der Waals surface area (Å²) in [5.74, 6) is 1.98. The Morgan fingerprint density at radius 2 is 2.20 bits per heavy atom. The Morgan fingerprint density at radius 3 is 2.80 bits per heavy atom. The van der Waals surface area contributed by atoms with Gasteiger partial charge in [-0.2, -0.15) is 0 Å². The summed E-state index contributed by atoms with van der Waals surface area (Å²) >= 11 is 0. The minimum absolute atomic E-state index is 0.104. The Bertz CT molecular complexity index is 384. The first-order valence-electron chi connectivity index (χ1n) is 5.43. The molecule has 15 heavy (non-hydrogen) atoms. The van der Waals surface area contributed by atoms with Crippen molar-refractivity contribution in [1.82, 2.24) is 0 Å². The lowest BCUT2D eigenvalue weighted by atomic mass is 9.81. The van der Waals surface area contributed by atoms with E-state index >= 15 is 0 Å². The van der Waals surface area contributed by atoms with E-state index in [1.54, 1.807) is 7.11 Å². The minimum Gasteiger partial charge on any atom is -0.496 e. The fraction of sp³-hybridized carbons (Fsp3) is 0.538. The molecule has 1 aliphatic heterocycles. The highest BCUT2D eigenvalue weighted by molar-refractivity contribution is 5.56. The molecule has 1 aromatic carbocycles. The van der Waals surface area contributed by atoms with Crippen LogP contribution < -0.4 is 9.47 Å². The van der Waals surface area contributed by atoms with Gasteiger partial charge in [-0.15, -0.1) is 0 Å². The Kier molecular flexibility index (Phi) is 2.37. The number of methoxy groups -OCH3 is 1. The molecule has 0 bridgehead atoms. The molecule has 0 aliphatic carbocycles. The molecule has 0 spiro atoms. The topological polar surface area (TPSA) is 18.5 Å². The minimum atomic E-state index is 0.104. The normalized spacial score (nSPS) is 23.5. The molecule has 82 valence electrons. The molecule has 1 aliphatic rings. The van der Waals surface area contributed by atoms with Crippen molar-refractivity contribution in [2.24, 2.45) is 0 Å². The molecule has 0 amide bonds. The summed E-state index contributed by atoms with van der Waals surface area (Å²) in [4.78, 5) is 0. The molecule has 0 saturated carbocycles. The summed E-state index contributed by atoms with van der Waals surface area (Å²) in [6, 6.07) is 4.09. The molecular formula is C13H18O2. The van der Waals surface area contributed by atoms with Gasteiger partial charge in [-0.25, -0.2) is 0 Å². The molecular weight excluding hydrogens is 188 g/mol. The van der Waals surface area contributed by atoms with Crippen molar-refractivity contribution in [2.75, 3.05) is 13.7 Å². The Hall–Kier alpha value is -1.18. The number of rotatable bonds is 2. The molecule has 1 atom stereocenters. The summed E-state index contributed by atoms with van der Waals surface area (Å²) in [5, 5.41) is 0. The average molecular weight is 206 g/mol. The third-order valence-corrected chi connectivity index (χ3v) is 3.46. The standard InChI is InChI=1S/C13H18O2/c1-5-13(3)8-15-12-9(2)6-7-10(14-4)11(12)13/h6-7H,5,8H2,1-4H3. The number of aryl methyl sites for hydroxylation is 1. The van der Waals surface area contributed by atoms with Gasteiger partial charge in [0.05, 0.1) is 13.7 Å². The predicted octanol–water partition coefficient (Wildman–Crippen LogP) is 3.06. The zero-order valence-electron chi connectivity index (χ0n) is 9.89. The van der Waals surface area contributed by atoms with E-state index in [1.165, 1.54) is 11.1 Å². The fourth-order valence-electron chi connectivity index (χ4n) is 2.18. The van der Waals surface area contributed by atoms with Gasteiger partial charge in [0.2, 0.25) is 0 Å². The van der Waals surface area contributed by atoms with E-state index in [0.717, 1.165) is 24.5 Å². The van der Waals surface area contributed by atoms with Crippen LogP contribution in [0.15, 0.2) is 12.1 Å². The smallest absolute Gasteiger partial charge is 0.129 e.